The fourth-order valence-electron chi connectivity index (χ4n) is 4.38. The number of piperazine rings is 1. The molecular weight excluding hydrogens is 326 g/mol. The van der Waals surface area contributed by atoms with Crippen LogP contribution in [0, 0.1) is 0 Å². The first-order valence-electron chi connectivity index (χ1n) is 10.0. The largest absolute Gasteiger partial charge is 0.380 e. The zero-order chi connectivity index (χ0) is 18.4. The van der Waals surface area contributed by atoms with Gasteiger partial charge >= 0.3 is 0 Å². The first kappa shape index (κ1) is 19.3. The third-order valence-electron chi connectivity index (χ3n) is 5.97. The Morgan fingerprint density at radius 1 is 1.23 bits per heavy atom. The Morgan fingerprint density at radius 3 is 2.62 bits per heavy atom. The molecule has 3 rings (SSSR count). The van der Waals surface area contributed by atoms with Crippen LogP contribution in [0.25, 0.3) is 0 Å². The van der Waals surface area contributed by atoms with Crippen molar-refractivity contribution in [1.82, 2.24) is 15.1 Å². The van der Waals surface area contributed by atoms with Gasteiger partial charge in [0, 0.05) is 38.8 Å². The number of amides is 1. The van der Waals surface area contributed by atoms with Crippen LogP contribution < -0.4 is 5.32 Å². The van der Waals surface area contributed by atoms with Gasteiger partial charge < -0.3 is 15.0 Å². The van der Waals surface area contributed by atoms with Crippen LogP contribution in [0.2, 0.25) is 0 Å². The Kier molecular flexibility index (Phi) is 6.68. The van der Waals surface area contributed by atoms with E-state index in [0.717, 1.165) is 65.3 Å². The van der Waals surface area contributed by atoms with Crippen LogP contribution in [-0.2, 0) is 14.9 Å². The summed E-state index contributed by atoms with van der Waals surface area (Å²) in [7, 11) is 0. The smallest absolute Gasteiger partial charge is 0.233 e. The Balaban J connectivity index is 1.70. The van der Waals surface area contributed by atoms with Crippen molar-refractivity contribution in [2.24, 2.45) is 0 Å². The Labute approximate surface area is 157 Å². The van der Waals surface area contributed by atoms with Gasteiger partial charge in [0.1, 0.15) is 0 Å². The second-order valence-electron chi connectivity index (χ2n) is 7.53. The van der Waals surface area contributed by atoms with E-state index in [2.05, 4.69) is 46.3 Å². The summed E-state index contributed by atoms with van der Waals surface area (Å²) in [6.07, 6.45) is 1.77. The number of benzene rings is 1. The van der Waals surface area contributed by atoms with Crippen molar-refractivity contribution >= 4 is 5.91 Å². The molecule has 1 unspecified atom stereocenters. The highest BCUT2D eigenvalue weighted by Crippen LogP contribution is 2.36. The summed E-state index contributed by atoms with van der Waals surface area (Å²) in [4.78, 5) is 18.2. The first-order chi connectivity index (χ1) is 12.7. The van der Waals surface area contributed by atoms with Crippen LogP contribution in [0.4, 0.5) is 0 Å². The molecule has 0 saturated carbocycles. The minimum Gasteiger partial charge on any atom is -0.380 e. The molecule has 0 bridgehead atoms. The standard InChI is InChI=1S/C21H33N3O2/c1-3-26-16-15-23-13-14-24(17-18(23)2)20(25)21(9-11-22-12-10-21)19-7-5-4-6-8-19/h4-8,18,22H,3,9-17H2,1-2H3. The second kappa shape index (κ2) is 8.98. The lowest BCUT2D eigenvalue weighted by molar-refractivity contribution is -0.141. The third kappa shape index (κ3) is 4.11. The van der Waals surface area contributed by atoms with E-state index in [1.807, 2.05) is 13.0 Å². The molecule has 0 radical (unpaired) electrons. The maximum atomic E-state index is 13.6. The molecule has 2 aliphatic heterocycles. The summed E-state index contributed by atoms with van der Waals surface area (Å²) in [5, 5.41) is 3.42. The SMILES string of the molecule is CCOCCN1CCN(C(=O)C2(c3ccccc3)CCNCC2)CC1C. The van der Waals surface area contributed by atoms with Crippen molar-refractivity contribution in [3.05, 3.63) is 35.9 Å². The predicted octanol–water partition coefficient (Wildman–Crippen LogP) is 1.88. The average Bonchev–Trinajstić information content (AvgIpc) is 2.70. The van der Waals surface area contributed by atoms with Crippen LogP contribution in [0.5, 0.6) is 0 Å². The van der Waals surface area contributed by atoms with E-state index in [9.17, 15) is 4.79 Å². The molecule has 2 fully saturated rings. The van der Waals surface area contributed by atoms with Crippen molar-refractivity contribution in [3.8, 4) is 0 Å². The van der Waals surface area contributed by atoms with E-state index >= 15 is 0 Å². The number of carbonyl (C=O) groups is 1. The first-order valence-corrected chi connectivity index (χ1v) is 10.0. The van der Waals surface area contributed by atoms with Crippen LogP contribution in [0.1, 0.15) is 32.3 Å². The lowest BCUT2D eigenvalue weighted by Gasteiger charge is -2.45. The van der Waals surface area contributed by atoms with E-state index in [1.54, 1.807) is 0 Å². The fourth-order valence-corrected chi connectivity index (χ4v) is 4.38. The van der Waals surface area contributed by atoms with Gasteiger partial charge in [-0.3, -0.25) is 9.69 Å². The van der Waals surface area contributed by atoms with E-state index in [0.29, 0.717) is 11.9 Å². The van der Waals surface area contributed by atoms with Gasteiger partial charge in [-0.15, -0.1) is 0 Å². The summed E-state index contributed by atoms with van der Waals surface area (Å²) in [5.74, 6) is 0.321. The number of nitrogens with zero attached hydrogens (tertiary/aromatic N) is 2. The molecular formula is C21H33N3O2. The fraction of sp³-hybridized carbons (Fsp3) is 0.667. The molecule has 0 aromatic heterocycles. The molecule has 26 heavy (non-hydrogen) atoms. The zero-order valence-electron chi connectivity index (χ0n) is 16.2. The van der Waals surface area contributed by atoms with Crippen molar-refractivity contribution in [1.29, 1.82) is 0 Å². The minimum absolute atomic E-state index is 0.321. The highest BCUT2D eigenvalue weighted by molar-refractivity contribution is 5.88. The number of piperidine rings is 1. The van der Waals surface area contributed by atoms with Gasteiger partial charge in [-0.2, -0.15) is 0 Å². The summed E-state index contributed by atoms with van der Waals surface area (Å²) in [6, 6.07) is 10.8. The Morgan fingerprint density at radius 2 is 1.96 bits per heavy atom. The molecule has 1 N–H and O–H groups in total. The monoisotopic (exact) mass is 359 g/mol. The molecule has 1 atom stereocenters. The number of hydrogen-bond donors (Lipinski definition) is 1. The normalized spacial score (nSPS) is 23.8. The molecule has 1 aromatic carbocycles. The maximum absolute atomic E-state index is 13.6. The molecule has 2 heterocycles. The number of nitrogens with one attached hydrogen (secondary N) is 1. The Bertz CT molecular complexity index is 572. The minimum atomic E-state index is -0.361. The number of rotatable bonds is 6. The molecule has 1 aromatic rings. The average molecular weight is 360 g/mol. The van der Waals surface area contributed by atoms with Crippen LogP contribution in [0.3, 0.4) is 0 Å². The van der Waals surface area contributed by atoms with Crippen molar-refractivity contribution in [2.45, 2.75) is 38.1 Å². The predicted molar refractivity (Wildman–Crippen MR) is 104 cm³/mol. The van der Waals surface area contributed by atoms with Crippen LogP contribution in [0.15, 0.2) is 30.3 Å². The molecule has 0 aliphatic carbocycles. The van der Waals surface area contributed by atoms with Crippen molar-refractivity contribution < 1.29 is 9.53 Å². The van der Waals surface area contributed by atoms with Gasteiger partial charge in [-0.25, -0.2) is 0 Å². The highest BCUT2D eigenvalue weighted by Gasteiger charge is 2.44. The van der Waals surface area contributed by atoms with Gasteiger partial charge in [0.05, 0.1) is 12.0 Å². The number of hydrogen-bond acceptors (Lipinski definition) is 4. The van der Waals surface area contributed by atoms with Gasteiger partial charge in [-0.05, 0) is 45.3 Å². The van der Waals surface area contributed by atoms with E-state index in [-0.39, 0.29) is 5.41 Å². The summed E-state index contributed by atoms with van der Waals surface area (Å²) < 4.78 is 5.50. The van der Waals surface area contributed by atoms with Gasteiger partial charge in [0.25, 0.3) is 0 Å². The molecule has 144 valence electrons. The molecule has 2 saturated heterocycles. The van der Waals surface area contributed by atoms with Gasteiger partial charge in [0.15, 0.2) is 0 Å². The lowest BCUT2D eigenvalue weighted by atomic mass is 9.72. The van der Waals surface area contributed by atoms with Gasteiger partial charge in [-0.1, -0.05) is 30.3 Å². The van der Waals surface area contributed by atoms with Crippen LogP contribution in [-0.4, -0.2) is 74.2 Å². The molecule has 0 spiro atoms. The maximum Gasteiger partial charge on any atom is 0.233 e. The lowest BCUT2D eigenvalue weighted by Crippen LogP contribution is -2.59. The van der Waals surface area contributed by atoms with E-state index in [4.69, 9.17) is 4.74 Å². The molecule has 1 amide bonds. The van der Waals surface area contributed by atoms with Gasteiger partial charge in [0.2, 0.25) is 5.91 Å². The second-order valence-corrected chi connectivity index (χ2v) is 7.53. The summed E-state index contributed by atoms with van der Waals surface area (Å²) in [6.45, 7) is 11.1. The summed E-state index contributed by atoms with van der Waals surface area (Å²) >= 11 is 0. The summed E-state index contributed by atoms with van der Waals surface area (Å²) in [5.41, 5.74) is 0.817. The topological polar surface area (TPSA) is 44.8 Å². The zero-order valence-corrected chi connectivity index (χ0v) is 16.2. The van der Waals surface area contributed by atoms with Crippen molar-refractivity contribution in [2.75, 3.05) is 52.5 Å². The molecule has 5 nitrogen and oxygen atoms in total. The quantitative estimate of drug-likeness (QED) is 0.788. The highest BCUT2D eigenvalue weighted by atomic mass is 16.5. The van der Waals surface area contributed by atoms with E-state index in [1.165, 1.54) is 5.56 Å². The third-order valence-corrected chi connectivity index (χ3v) is 5.97. The molecule has 2 aliphatic rings. The molecule has 5 heteroatoms. The van der Waals surface area contributed by atoms with E-state index < -0.39 is 0 Å². The Hall–Kier alpha value is -1.43. The van der Waals surface area contributed by atoms with Crippen molar-refractivity contribution in [3.63, 3.8) is 0 Å². The number of ether oxygens (including phenoxy) is 1. The number of carbonyl (C=O) groups excluding carboxylic acids is 1. The van der Waals surface area contributed by atoms with Crippen LogP contribution >= 0.6 is 0 Å².